The molecule has 7 nitrogen and oxygen atoms in total. The van der Waals surface area contributed by atoms with Crippen LogP contribution in [0.5, 0.6) is 0 Å². The zero-order valence-electron chi connectivity index (χ0n) is 22.2. The van der Waals surface area contributed by atoms with Crippen molar-refractivity contribution in [2.24, 2.45) is 16.7 Å². The van der Waals surface area contributed by atoms with E-state index in [1.165, 1.54) is 7.11 Å². The van der Waals surface area contributed by atoms with Gasteiger partial charge in [0.1, 0.15) is 5.41 Å². The van der Waals surface area contributed by atoms with Crippen molar-refractivity contribution < 1.29 is 23.9 Å². The number of esters is 1. The Morgan fingerprint density at radius 2 is 1.86 bits per heavy atom. The molecule has 202 valence electrons. The van der Waals surface area contributed by atoms with E-state index in [0.717, 1.165) is 12.8 Å². The van der Waals surface area contributed by atoms with E-state index in [9.17, 15) is 14.4 Å². The quantitative estimate of drug-likeness (QED) is 0.469. The highest BCUT2D eigenvalue weighted by Crippen LogP contribution is 2.52. The lowest BCUT2D eigenvalue weighted by Gasteiger charge is -2.53. The predicted octanol–water partition coefficient (Wildman–Crippen LogP) is 5.23. The molecule has 0 bridgehead atoms. The fourth-order valence-corrected chi connectivity index (χ4v) is 6.20. The molecule has 0 aromatic heterocycles. The van der Waals surface area contributed by atoms with Gasteiger partial charge >= 0.3 is 5.97 Å². The van der Waals surface area contributed by atoms with Crippen molar-refractivity contribution in [1.29, 1.82) is 0 Å². The molecule has 9 heteroatoms. The van der Waals surface area contributed by atoms with Gasteiger partial charge in [-0.2, -0.15) is 0 Å². The second-order valence-electron chi connectivity index (χ2n) is 11.4. The predicted molar refractivity (Wildman–Crippen MR) is 142 cm³/mol. The van der Waals surface area contributed by atoms with Crippen LogP contribution in [0.3, 0.4) is 0 Å². The summed E-state index contributed by atoms with van der Waals surface area (Å²) in [6, 6.07) is 5.13. The maximum atomic E-state index is 14.1. The molecule has 1 aromatic carbocycles. The molecule has 2 fully saturated rings. The molecule has 0 unspecified atom stereocenters. The fraction of sp³-hybridized carbons (Fsp3) is 0.607. The number of fused-ring (bicyclic) bond motifs is 1. The monoisotopic (exact) mass is 550 g/mol. The number of piperidine rings is 1. The molecule has 1 aromatic rings. The number of halogens is 2. The number of hydrogen-bond donors (Lipinski definition) is 0. The van der Waals surface area contributed by atoms with Crippen LogP contribution in [-0.4, -0.2) is 60.0 Å². The SMILES string of the molecule is COC(=O)[C@]12C[C@H](CC(=O)N3CCCC3)C(=O)N(Cc3ccc(Cl)cc3Cl)C1=C[C@H](C(C)(C)C)O[C@@H]2C. The Labute approximate surface area is 229 Å². The summed E-state index contributed by atoms with van der Waals surface area (Å²) in [5.74, 6) is -1.44. The molecule has 3 heterocycles. The first-order valence-electron chi connectivity index (χ1n) is 12.9. The van der Waals surface area contributed by atoms with Crippen LogP contribution in [0, 0.1) is 16.7 Å². The van der Waals surface area contributed by atoms with Crippen LogP contribution < -0.4 is 0 Å². The normalized spacial score (nSPS) is 28.1. The van der Waals surface area contributed by atoms with Crippen molar-refractivity contribution in [3.05, 3.63) is 45.6 Å². The molecule has 2 saturated heterocycles. The molecule has 4 atom stereocenters. The third kappa shape index (κ3) is 5.27. The summed E-state index contributed by atoms with van der Waals surface area (Å²) >= 11 is 12.6. The Hall–Kier alpha value is -2.09. The number of nitrogens with zero attached hydrogens (tertiary/aromatic N) is 2. The Balaban J connectivity index is 1.82. The summed E-state index contributed by atoms with van der Waals surface area (Å²) in [6.07, 6.45) is 3.07. The van der Waals surface area contributed by atoms with Gasteiger partial charge < -0.3 is 19.3 Å². The van der Waals surface area contributed by atoms with Crippen molar-refractivity contribution >= 4 is 41.0 Å². The molecule has 3 aliphatic rings. The van der Waals surface area contributed by atoms with Crippen LogP contribution in [0.1, 0.15) is 58.9 Å². The minimum Gasteiger partial charge on any atom is -0.468 e. The standard InChI is InChI=1S/C28H36Cl2N2O5/c1-17-28(26(35)36-5)15-19(12-24(33)31-10-6-7-11-31)25(34)32(16-18-8-9-20(29)13-21(18)30)22(28)14-23(37-17)27(2,3)4/h8-9,13-14,17,19,23H,6-7,10-12,15-16H2,1-5H3/t17-,19+,23-,28+/m1/s1. The lowest BCUT2D eigenvalue weighted by molar-refractivity contribution is -0.180. The average molecular weight is 552 g/mol. The van der Waals surface area contributed by atoms with E-state index in [4.69, 9.17) is 32.7 Å². The summed E-state index contributed by atoms with van der Waals surface area (Å²) in [5.41, 5.74) is -0.270. The second-order valence-corrected chi connectivity index (χ2v) is 12.3. The number of likely N-dealkylation sites (tertiary alicyclic amines) is 2. The van der Waals surface area contributed by atoms with Gasteiger partial charge in [0, 0.05) is 41.2 Å². The fourth-order valence-electron chi connectivity index (χ4n) is 5.73. The minimum atomic E-state index is -1.24. The molecule has 0 aliphatic carbocycles. The molecular formula is C28H36Cl2N2O5. The van der Waals surface area contributed by atoms with Gasteiger partial charge in [-0.15, -0.1) is 0 Å². The second kappa shape index (κ2) is 10.6. The highest BCUT2D eigenvalue weighted by molar-refractivity contribution is 6.35. The van der Waals surface area contributed by atoms with Crippen LogP contribution in [-0.2, 0) is 30.4 Å². The first kappa shape index (κ1) is 27.9. The lowest BCUT2D eigenvalue weighted by Crippen LogP contribution is -2.61. The average Bonchev–Trinajstić information content (AvgIpc) is 3.37. The molecule has 0 N–H and O–H groups in total. The van der Waals surface area contributed by atoms with Gasteiger partial charge in [-0.25, -0.2) is 0 Å². The van der Waals surface area contributed by atoms with Crippen molar-refractivity contribution in [3.8, 4) is 0 Å². The number of methoxy groups -OCH3 is 1. The van der Waals surface area contributed by atoms with Gasteiger partial charge in [-0.1, -0.05) is 50.0 Å². The first-order valence-corrected chi connectivity index (χ1v) is 13.6. The van der Waals surface area contributed by atoms with Gasteiger partial charge in [0.15, 0.2) is 0 Å². The number of carbonyl (C=O) groups is 3. The van der Waals surface area contributed by atoms with Crippen LogP contribution in [0.25, 0.3) is 0 Å². The van der Waals surface area contributed by atoms with E-state index in [1.807, 2.05) is 13.0 Å². The van der Waals surface area contributed by atoms with E-state index in [0.29, 0.717) is 34.4 Å². The van der Waals surface area contributed by atoms with Gasteiger partial charge in [-0.3, -0.25) is 14.4 Å². The van der Waals surface area contributed by atoms with Crippen LogP contribution in [0.4, 0.5) is 0 Å². The summed E-state index contributed by atoms with van der Waals surface area (Å²) < 4.78 is 11.7. The molecule has 2 amide bonds. The summed E-state index contributed by atoms with van der Waals surface area (Å²) in [7, 11) is 1.35. The smallest absolute Gasteiger partial charge is 0.320 e. The number of amides is 2. The van der Waals surface area contributed by atoms with Crippen LogP contribution in [0.15, 0.2) is 30.0 Å². The number of rotatable bonds is 5. The summed E-state index contributed by atoms with van der Waals surface area (Å²) in [4.78, 5) is 44.2. The number of hydrogen-bond acceptors (Lipinski definition) is 5. The Bertz CT molecular complexity index is 1110. The molecule has 0 radical (unpaired) electrons. The van der Waals surface area contributed by atoms with Crippen LogP contribution >= 0.6 is 23.2 Å². The van der Waals surface area contributed by atoms with E-state index in [2.05, 4.69) is 20.8 Å². The van der Waals surface area contributed by atoms with Gasteiger partial charge in [0.05, 0.1) is 25.9 Å². The highest BCUT2D eigenvalue weighted by atomic mass is 35.5. The maximum absolute atomic E-state index is 14.1. The molecule has 4 rings (SSSR count). The van der Waals surface area contributed by atoms with Crippen molar-refractivity contribution in [2.45, 2.75) is 72.1 Å². The zero-order valence-corrected chi connectivity index (χ0v) is 23.7. The van der Waals surface area contributed by atoms with Crippen molar-refractivity contribution in [1.82, 2.24) is 9.80 Å². The Morgan fingerprint density at radius 1 is 1.19 bits per heavy atom. The highest BCUT2D eigenvalue weighted by Gasteiger charge is 2.60. The zero-order chi connectivity index (χ0) is 27.1. The van der Waals surface area contributed by atoms with E-state index >= 15 is 0 Å². The topological polar surface area (TPSA) is 76.2 Å². The molecule has 0 spiro atoms. The molecular weight excluding hydrogens is 515 g/mol. The molecule has 3 aliphatic heterocycles. The molecule has 0 saturated carbocycles. The van der Waals surface area contributed by atoms with Gasteiger partial charge in [0.25, 0.3) is 0 Å². The minimum absolute atomic E-state index is 0.0329. The van der Waals surface area contributed by atoms with E-state index in [1.54, 1.807) is 28.0 Å². The number of ether oxygens (including phenoxy) is 2. The van der Waals surface area contributed by atoms with Crippen LogP contribution in [0.2, 0.25) is 10.0 Å². The summed E-state index contributed by atoms with van der Waals surface area (Å²) in [6.45, 7) is 9.54. The number of benzene rings is 1. The third-order valence-corrected chi connectivity index (χ3v) is 8.50. The van der Waals surface area contributed by atoms with Gasteiger partial charge in [-0.05, 0) is 55.4 Å². The largest absolute Gasteiger partial charge is 0.468 e. The summed E-state index contributed by atoms with van der Waals surface area (Å²) in [5, 5.41) is 0.913. The molecule has 37 heavy (non-hydrogen) atoms. The first-order chi connectivity index (χ1) is 17.4. The van der Waals surface area contributed by atoms with Crippen molar-refractivity contribution in [3.63, 3.8) is 0 Å². The number of carbonyl (C=O) groups excluding carboxylic acids is 3. The van der Waals surface area contributed by atoms with E-state index < -0.39 is 23.4 Å². The third-order valence-electron chi connectivity index (χ3n) is 7.91. The van der Waals surface area contributed by atoms with Crippen molar-refractivity contribution in [2.75, 3.05) is 20.2 Å². The Kier molecular flexibility index (Phi) is 7.99. The van der Waals surface area contributed by atoms with E-state index in [-0.39, 0.29) is 42.7 Å². The lowest BCUT2D eigenvalue weighted by atomic mass is 9.65. The van der Waals surface area contributed by atoms with Gasteiger partial charge in [0.2, 0.25) is 11.8 Å². The maximum Gasteiger partial charge on any atom is 0.320 e. The Morgan fingerprint density at radius 3 is 2.46 bits per heavy atom.